The molecule has 12 heavy (non-hydrogen) atoms. The summed E-state index contributed by atoms with van der Waals surface area (Å²) in [4.78, 5) is 4.28. The van der Waals surface area contributed by atoms with Gasteiger partial charge in [-0.1, -0.05) is 12.2 Å². The van der Waals surface area contributed by atoms with Crippen molar-refractivity contribution in [2.45, 2.75) is 12.5 Å². The van der Waals surface area contributed by atoms with Gasteiger partial charge in [-0.15, -0.1) is 0 Å². The Labute approximate surface area is 71.3 Å². The van der Waals surface area contributed by atoms with E-state index in [4.69, 9.17) is 0 Å². The molecule has 1 spiro atoms. The first-order valence-corrected chi connectivity index (χ1v) is 4.62. The Bertz CT molecular complexity index is 309. The molecule has 2 heterocycles. The molecule has 2 bridgehead atoms. The van der Waals surface area contributed by atoms with E-state index in [1.807, 2.05) is 6.34 Å². The molecule has 0 aromatic rings. The highest BCUT2D eigenvalue weighted by Gasteiger charge is 2.64. The predicted octanol–water partition coefficient (Wildman–Crippen LogP) is 0.463. The molecule has 0 aromatic carbocycles. The summed E-state index contributed by atoms with van der Waals surface area (Å²) in [5.74, 6) is 0.819. The van der Waals surface area contributed by atoms with Crippen molar-refractivity contribution in [3.05, 3.63) is 12.2 Å². The van der Waals surface area contributed by atoms with Crippen LogP contribution in [0.4, 0.5) is 0 Å². The lowest BCUT2D eigenvalue weighted by atomic mass is 9.65. The van der Waals surface area contributed by atoms with E-state index in [9.17, 15) is 0 Å². The van der Waals surface area contributed by atoms with Gasteiger partial charge < -0.3 is 0 Å². The third kappa shape index (κ3) is 0.399. The summed E-state index contributed by atoms with van der Waals surface area (Å²) in [6.07, 6.45) is 8.24. The summed E-state index contributed by atoms with van der Waals surface area (Å²) in [5, 5.41) is 4.72. The first-order chi connectivity index (χ1) is 5.89. The molecular weight excluding hydrogens is 150 g/mol. The SMILES string of the molecule is C1=C[C@@]23C[C@H]1[C@H]2N1C=NCN1C3. The second-order valence-corrected chi connectivity index (χ2v) is 4.39. The van der Waals surface area contributed by atoms with Crippen molar-refractivity contribution in [1.82, 2.24) is 10.0 Å². The average molecular weight is 161 g/mol. The Morgan fingerprint density at radius 3 is 3.42 bits per heavy atom. The minimum Gasteiger partial charge on any atom is -0.289 e. The van der Waals surface area contributed by atoms with Crippen LogP contribution in [0, 0.1) is 11.3 Å². The summed E-state index contributed by atoms with van der Waals surface area (Å²) in [5.41, 5.74) is 0.525. The Morgan fingerprint density at radius 1 is 1.50 bits per heavy atom. The highest BCUT2D eigenvalue weighted by molar-refractivity contribution is 5.59. The van der Waals surface area contributed by atoms with Gasteiger partial charge in [-0.2, -0.15) is 5.01 Å². The number of hydrogen-bond acceptors (Lipinski definition) is 3. The number of rotatable bonds is 0. The minimum atomic E-state index is 0.525. The Hall–Kier alpha value is -0.830. The van der Waals surface area contributed by atoms with Gasteiger partial charge in [-0.3, -0.25) is 10.0 Å². The summed E-state index contributed by atoms with van der Waals surface area (Å²) < 4.78 is 0. The molecular formula is C9H11N3. The molecule has 0 amide bonds. The summed E-state index contributed by atoms with van der Waals surface area (Å²) >= 11 is 0. The third-order valence-electron chi connectivity index (χ3n) is 3.82. The second-order valence-electron chi connectivity index (χ2n) is 4.39. The first kappa shape index (κ1) is 5.75. The lowest BCUT2D eigenvalue weighted by molar-refractivity contribution is 0.0560. The van der Waals surface area contributed by atoms with Crippen molar-refractivity contribution in [3.63, 3.8) is 0 Å². The van der Waals surface area contributed by atoms with Gasteiger partial charge >= 0.3 is 0 Å². The molecule has 2 aliphatic heterocycles. The number of hydrazine groups is 1. The lowest BCUT2D eigenvalue weighted by Gasteiger charge is -2.43. The van der Waals surface area contributed by atoms with Crippen molar-refractivity contribution in [2.24, 2.45) is 16.3 Å². The zero-order valence-electron chi connectivity index (χ0n) is 6.85. The van der Waals surface area contributed by atoms with Gasteiger partial charge in [-0.25, -0.2) is 0 Å². The Morgan fingerprint density at radius 2 is 2.50 bits per heavy atom. The summed E-state index contributed by atoms with van der Waals surface area (Å²) in [7, 11) is 0. The van der Waals surface area contributed by atoms with Crippen LogP contribution in [-0.2, 0) is 0 Å². The van der Waals surface area contributed by atoms with Crippen LogP contribution in [0.3, 0.4) is 0 Å². The van der Waals surface area contributed by atoms with E-state index in [-0.39, 0.29) is 0 Å². The van der Waals surface area contributed by atoms with Gasteiger partial charge in [0.15, 0.2) is 0 Å². The first-order valence-electron chi connectivity index (χ1n) is 4.62. The monoisotopic (exact) mass is 161 g/mol. The molecule has 3 heteroatoms. The Kier molecular flexibility index (Phi) is 0.702. The van der Waals surface area contributed by atoms with Crippen LogP contribution in [0.2, 0.25) is 0 Å². The van der Waals surface area contributed by atoms with Crippen LogP contribution in [0.1, 0.15) is 6.42 Å². The van der Waals surface area contributed by atoms with Crippen LogP contribution >= 0.6 is 0 Å². The van der Waals surface area contributed by atoms with E-state index in [0.29, 0.717) is 5.41 Å². The molecule has 3 nitrogen and oxygen atoms in total. The van der Waals surface area contributed by atoms with Gasteiger partial charge in [0.1, 0.15) is 13.0 Å². The van der Waals surface area contributed by atoms with Crippen LogP contribution in [0.5, 0.6) is 0 Å². The molecule has 3 atom stereocenters. The van der Waals surface area contributed by atoms with Crippen molar-refractivity contribution in [1.29, 1.82) is 0 Å². The topological polar surface area (TPSA) is 18.8 Å². The number of nitrogens with zero attached hydrogens (tertiary/aromatic N) is 3. The van der Waals surface area contributed by atoms with E-state index >= 15 is 0 Å². The highest BCUT2D eigenvalue weighted by atomic mass is 15.7. The number of hydrogen-bond donors (Lipinski definition) is 0. The fourth-order valence-electron chi connectivity index (χ4n) is 3.34. The second kappa shape index (κ2) is 1.46. The van der Waals surface area contributed by atoms with Crippen molar-refractivity contribution >= 4 is 6.34 Å². The fourth-order valence-corrected chi connectivity index (χ4v) is 3.34. The van der Waals surface area contributed by atoms with E-state index in [2.05, 4.69) is 27.2 Å². The molecule has 62 valence electrons. The van der Waals surface area contributed by atoms with Crippen LogP contribution in [-0.4, -0.2) is 35.6 Å². The zero-order chi connectivity index (χ0) is 7.76. The summed E-state index contributed by atoms with van der Waals surface area (Å²) in [6, 6.07) is 0.740. The molecule has 5 rings (SSSR count). The predicted molar refractivity (Wildman–Crippen MR) is 45.4 cm³/mol. The van der Waals surface area contributed by atoms with Gasteiger partial charge in [0.05, 0.1) is 6.04 Å². The van der Waals surface area contributed by atoms with Gasteiger partial charge in [0.25, 0.3) is 0 Å². The molecule has 5 aliphatic rings. The molecule has 1 saturated heterocycles. The standard InChI is InChI=1S/C9H11N3/c1-2-9-3-7(1)8(9)12-6-10-5-11(12)4-9/h1-2,6-8H,3-5H2/t7-,8+,9-/m0/s1. The maximum absolute atomic E-state index is 4.28. The average Bonchev–Trinajstić information content (AvgIpc) is 2.65. The molecule has 0 N–H and O–H groups in total. The van der Waals surface area contributed by atoms with E-state index < -0.39 is 0 Å². The van der Waals surface area contributed by atoms with E-state index in [0.717, 1.165) is 18.6 Å². The highest BCUT2D eigenvalue weighted by Crippen LogP contribution is 2.60. The number of fused-ring (bicyclic) bond motifs is 1. The minimum absolute atomic E-state index is 0.525. The molecule has 2 fully saturated rings. The zero-order valence-corrected chi connectivity index (χ0v) is 6.85. The Balaban J connectivity index is 1.83. The molecule has 1 saturated carbocycles. The maximum Gasteiger partial charge on any atom is 0.110 e. The molecule has 0 aromatic heterocycles. The quantitative estimate of drug-likeness (QED) is 0.481. The van der Waals surface area contributed by atoms with Crippen LogP contribution in [0.15, 0.2) is 17.1 Å². The fraction of sp³-hybridized carbons (Fsp3) is 0.667. The normalized spacial score (nSPS) is 52.8. The van der Waals surface area contributed by atoms with Crippen LogP contribution < -0.4 is 0 Å². The summed E-state index contributed by atoms with van der Waals surface area (Å²) in [6.45, 7) is 2.09. The van der Waals surface area contributed by atoms with E-state index in [1.165, 1.54) is 13.0 Å². The van der Waals surface area contributed by atoms with Crippen molar-refractivity contribution < 1.29 is 0 Å². The molecule has 0 radical (unpaired) electrons. The van der Waals surface area contributed by atoms with Gasteiger partial charge in [0, 0.05) is 17.9 Å². The van der Waals surface area contributed by atoms with Crippen molar-refractivity contribution in [3.8, 4) is 0 Å². The smallest absolute Gasteiger partial charge is 0.110 e. The lowest BCUT2D eigenvalue weighted by Crippen LogP contribution is -2.50. The molecule has 0 unspecified atom stereocenters. The molecule has 3 aliphatic carbocycles. The van der Waals surface area contributed by atoms with Crippen LogP contribution in [0.25, 0.3) is 0 Å². The largest absolute Gasteiger partial charge is 0.289 e. The van der Waals surface area contributed by atoms with Gasteiger partial charge in [-0.05, 0) is 6.42 Å². The van der Waals surface area contributed by atoms with Crippen molar-refractivity contribution in [2.75, 3.05) is 13.2 Å². The van der Waals surface area contributed by atoms with E-state index in [1.54, 1.807) is 0 Å². The van der Waals surface area contributed by atoms with Gasteiger partial charge in [0.2, 0.25) is 0 Å². The maximum atomic E-state index is 4.28. The third-order valence-corrected chi connectivity index (χ3v) is 3.82. The number of aliphatic imine (C=N–C) groups is 1.